The van der Waals surface area contributed by atoms with Gasteiger partial charge in [0.2, 0.25) is 0 Å². The molecule has 0 saturated heterocycles. The molecule has 0 aromatic heterocycles. The van der Waals surface area contributed by atoms with Crippen molar-refractivity contribution in [1.82, 2.24) is 0 Å². The van der Waals surface area contributed by atoms with Crippen LogP contribution in [0.15, 0.2) is 0 Å². The lowest BCUT2D eigenvalue weighted by Crippen LogP contribution is -2.30. The lowest BCUT2D eigenvalue weighted by molar-refractivity contribution is -0.170. The van der Waals surface area contributed by atoms with Crippen molar-refractivity contribution in [2.45, 2.75) is 13.8 Å². The molecule has 0 aromatic rings. The van der Waals surface area contributed by atoms with Gasteiger partial charge in [0.05, 0.1) is 0 Å². The monoisotopic (exact) mass is 202 g/mol. The van der Waals surface area contributed by atoms with Gasteiger partial charge in [0.1, 0.15) is 0 Å². The molecule has 0 saturated carbocycles. The number of carbonyl (C=O) groups is 5. The highest BCUT2D eigenvalue weighted by Crippen LogP contribution is 1.88. The molecule has 7 heteroatoms. The van der Waals surface area contributed by atoms with Gasteiger partial charge in [-0.25, -0.2) is 9.59 Å². The minimum Gasteiger partial charge on any atom is -0.387 e. The first kappa shape index (κ1) is 11.9. The Labute approximate surface area is 78.0 Å². The van der Waals surface area contributed by atoms with Gasteiger partial charge in [0, 0.05) is 13.8 Å². The van der Waals surface area contributed by atoms with Crippen LogP contribution in [0.25, 0.3) is 0 Å². The summed E-state index contributed by atoms with van der Waals surface area (Å²) in [6.45, 7) is 1.75. The van der Waals surface area contributed by atoms with Crippen LogP contribution >= 0.6 is 0 Å². The van der Waals surface area contributed by atoms with Crippen molar-refractivity contribution in [3.05, 3.63) is 0 Å². The third-order valence-electron chi connectivity index (χ3n) is 0.844. The van der Waals surface area contributed by atoms with Gasteiger partial charge < -0.3 is 9.47 Å². The summed E-state index contributed by atoms with van der Waals surface area (Å²) in [6.07, 6.45) is 0. The summed E-state index contributed by atoms with van der Waals surface area (Å²) < 4.78 is 7.55. The van der Waals surface area contributed by atoms with Crippen LogP contribution in [0.2, 0.25) is 0 Å². The Balaban J connectivity index is 4.32. The fourth-order valence-electron chi connectivity index (χ4n) is 0.437. The molecule has 0 aromatic carbocycles. The van der Waals surface area contributed by atoms with Crippen molar-refractivity contribution in [3.8, 4) is 0 Å². The molecule has 0 bridgehead atoms. The molecule has 0 aliphatic heterocycles. The van der Waals surface area contributed by atoms with Crippen LogP contribution in [0.5, 0.6) is 0 Å². The molecule has 14 heavy (non-hydrogen) atoms. The molecule has 0 amide bonds. The summed E-state index contributed by atoms with van der Waals surface area (Å²) >= 11 is 0. The van der Waals surface area contributed by atoms with E-state index in [-0.39, 0.29) is 0 Å². The van der Waals surface area contributed by atoms with Gasteiger partial charge in [-0.1, -0.05) is 0 Å². The van der Waals surface area contributed by atoms with E-state index >= 15 is 0 Å². The van der Waals surface area contributed by atoms with Crippen molar-refractivity contribution in [2.24, 2.45) is 0 Å². The van der Waals surface area contributed by atoms with Crippen molar-refractivity contribution < 1.29 is 33.4 Å². The quantitative estimate of drug-likeness (QED) is 0.312. The number of esters is 4. The van der Waals surface area contributed by atoms with Gasteiger partial charge in [-0.2, -0.15) is 0 Å². The molecule has 0 aliphatic carbocycles. The third-order valence-corrected chi connectivity index (χ3v) is 0.844. The number of hydrogen-bond acceptors (Lipinski definition) is 7. The molecule has 0 fully saturated rings. The summed E-state index contributed by atoms with van der Waals surface area (Å²) in [6, 6.07) is 0. The van der Waals surface area contributed by atoms with E-state index in [1.54, 1.807) is 0 Å². The topological polar surface area (TPSA) is 104 Å². The van der Waals surface area contributed by atoms with Crippen molar-refractivity contribution in [1.29, 1.82) is 0 Å². The van der Waals surface area contributed by atoms with Crippen LogP contribution < -0.4 is 0 Å². The van der Waals surface area contributed by atoms with Crippen molar-refractivity contribution in [2.75, 3.05) is 0 Å². The Morgan fingerprint density at radius 1 is 0.714 bits per heavy atom. The van der Waals surface area contributed by atoms with E-state index in [4.69, 9.17) is 0 Å². The maximum atomic E-state index is 10.7. The zero-order chi connectivity index (χ0) is 11.3. The van der Waals surface area contributed by atoms with Crippen LogP contribution in [0.4, 0.5) is 0 Å². The van der Waals surface area contributed by atoms with E-state index < -0.39 is 29.7 Å². The maximum absolute atomic E-state index is 10.7. The largest absolute Gasteiger partial charge is 0.394 e. The smallest absolute Gasteiger partial charge is 0.387 e. The predicted molar refractivity (Wildman–Crippen MR) is 38.6 cm³/mol. The van der Waals surface area contributed by atoms with Crippen molar-refractivity contribution in [3.63, 3.8) is 0 Å². The van der Waals surface area contributed by atoms with Gasteiger partial charge in [-0.15, -0.1) is 0 Å². The highest BCUT2D eigenvalue weighted by molar-refractivity contribution is 6.61. The molecule has 76 valence electrons. The minimum atomic E-state index is -1.71. The number of ether oxygens (including phenoxy) is 2. The molecule has 0 radical (unpaired) electrons. The molecule has 7 nitrogen and oxygen atoms in total. The fraction of sp³-hybridized carbons (Fsp3) is 0.286. The van der Waals surface area contributed by atoms with E-state index in [1.807, 2.05) is 0 Å². The van der Waals surface area contributed by atoms with E-state index in [1.165, 1.54) is 0 Å². The van der Waals surface area contributed by atoms with Gasteiger partial charge in [0.25, 0.3) is 0 Å². The molecule has 0 N–H and O–H groups in total. The number of carbonyl (C=O) groups excluding carboxylic acids is 5. The van der Waals surface area contributed by atoms with E-state index in [2.05, 4.69) is 9.47 Å². The Bertz CT molecular complexity index is 284. The molecule has 0 spiro atoms. The van der Waals surface area contributed by atoms with Gasteiger partial charge in [-0.05, 0) is 0 Å². The van der Waals surface area contributed by atoms with E-state index in [9.17, 15) is 24.0 Å². The first-order chi connectivity index (χ1) is 6.34. The Morgan fingerprint density at radius 2 is 1.00 bits per heavy atom. The highest BCUT2D eigenvalue weighted by Gasteiger charge is 2.28. The highest BCUT2D eigenvalue weighted by atomic mass is 16.6. The van der Waals surface area contributed by atoms with Crippen molar-refractivity contribution >= 4 is 29.7 Å². The zero-order valence-corrected chi connectivity index (χ0v) is 7.36. The Hall–Kier alpha value is -2.05. The molecular weight excluding hydrogens is 196 g/mol. The third kappa shape index (κ3) is 4.10. The average Bonchev–Trinajstić information content (AvgIpc) is 2.00. The van der Waals surface area contributed by atoms with Gasteiger partial charge in [-0.3, -0.25) is 14.4 Å². The summed E-state index contributed by atoms with van der Waals surface area (Å²) in [5.41, 5.74) is 0. The average molecular weight is 202 g/mol. The molecule has 0 unspecified atom stereocenters. The number of Topliss-reactive ketones (excluding diaryl/α,β-unsaturated/α-hetero) is 1. The first-order valence-electron chi connectivity index (χ1n) is 3.34. The fourth-order valence-corrected chi connectivity index (χ4v) is 0.437. The second-order valence-electron chi connectivity index (χ2n) is 2.09. The Morgan fingerprint density at radius 3 is 1.21 bits per heavy atom. The van der Waals surface area contributed by atoms with Crippen LogP contribution in [-0.2, 0) is 33.4 Å². The van der Waals surface area contributed by atoms with Crippen LogP contribution in [0.3, 0.4) is 0 Å². The lowest BCUT2D eigenvalue weighted by atomic mass is 10.4. The number of ketones is 1. The standard InChI is InChI=1S/C7H6O7/c1-3(8)13-6(11)5(10)7(12)14-4(2)9/h1-2H3. The SMILES string of the molecule is CC(=O)OC(=O)C(=O)C(=O)OC(C)=O. The predicted octanol–water partition coefficient (Wildman–Crippen LogP) is -1.27. The van der Waals surface area contributed by atoms with Crippen LogP contribution in [0, 0.1) is 0 Å². The van der Waals surface area contributed by atoms with Gasteiger partial charge in [0.15, 0.2) is 0 Å². The summed E-state index contributed by atoms with van der Waals surface area (Å²) in [5.74, 6) is -7.15. The first-order valence-corrected chi connectivity index (χ1v) is 3.34. The number of hydrogen-bond donors (Lipinski definition) is 0. The normalized spacial score (nSPS) is 8.71. The molecule has 0 atom stereocenters. The molecule has 0 rings (SSSR count). The second kappa shape index (κ2) is 4.85. The summed E-state index contributed by atoms with van der Waals surface area (Å²) in [5, 5.41) is 0. The minimum absolute atomic E-state index is 0.876. The van der Waals surface area contributed by atoms with Crippen LogP contribution in [-0.4, -0.2) is 29.7 Å². The molecule has 0 heterocycles. The number of rotatable bonds is 2. The molecular formula is C7H6O7. The van der Waals surface area contributed by atoms with E-state index in [0.29, 0.717) is 0 Å². The van der Waals surface area contributed by atoms with E-state index in [0.717, 1.165) is 13.8 Å². The Kier molecular flexibility index (Phi) is 4.14. The zero-order valence-electron chi connectivity index (χ0n) is 7.36. The maximum Gasteiger partial charge on any atom is 0.394 e. The van der Waals surface area contributed by atoms with Gasteiger partial charge >= 0.3 is 29.7 Å². The lowest BCUT2D eigenvalue weighted by Gasteiger charge is -1.97. The summed E-state index contributed by atoms with van der Waals surface area (Å²) in [4.78, 5) is 52.2. The second-order valence-corrected chi connectivity index (χ2v) is 2.09. The molecule has 0 aliphatic rings. The van der Waals surface area contributed by atoms with Crippen LogP contribution in [0.1, 0.15) is 13.8 Å². The summed E-state index contributed by atoms with van der Waals surface area (Å²) in [7, 11) is 0.